The van der Waals surface area contributed by atoms with Crippen LogP contribution in [-0.4, -0.2) is 32.3 Å². The van der Waals surface area contributed by atoms with E-state index in [1.54, 1.807) is 19.2 Å². The molecule has 8 heteroatoms. The topological polar surface area (TPSA) is 74.0 Å². The van der Waals surface area contributed by atoms with E-state index < -0.39 is 0 Å². The molecule has 0 spiro atoms. The average molecular weight is 415 g/mol. The predicted octanol–water partition coefficient (Wildman–Crippen LogP) is 4.49. The predicted molar refractivity (Wildman–Crippen MR) is 108 cm³/mol. The van der Waals surface area contributed by atoms with Crippen molar-refractivity contribution < 1.29 is 23.5 Å². The zero-order valence-electron chi connectivity index (χ0n) is 16.4. The molecule has 1 aliphatic heterocycles. The summed E-state index contributed by atoms with van der Waals surface area (Å²) >= 11 is 6.25. The molecule has 2 aromatic carbocycles. The van der Waals surface area contributed by atoms with Gasteiger partial charge in [0, 0.05) is 13.1 Å². The molecule has 4 rings (SSSR count). The minimum atomic E-state index is -0.366. The molecule has 0 saturated carbocycles. The number of carbonyl (C=O) groups excluding carboxylic acids is 1. The van der Waals surface area contributed by atoms with Gasteiger partial charge in [0.2, 0.25) is 0 Å². The summed E-state index contributed by atoms with van der Waals surface area (Å²) in [6.45, 7) is 2.18. The van der Waals surface area contributed by atoms with E-state index in [1.807, 2.05) is 25.1 Å². The van der Waals surface area contributed by atoms with E-state index in [1.165, 1.54) is 19.1 Å². The van der Waals surface area contributed by atoms with E-state index in [4.69, 9.17) is 30.3 Å². The molecule has 0 fully saturated rings. The molecule has 7 nitrogen and oxygen atoms in total. The number of fused-ring (bicyclic) bond motifs is 3. The number of aromatic nitrogens is 1. The van der Waals surface area contributed by atoms with Crippen molar-refractivity contribution in [3.8, 4) is 28.6 Å². The Morgan fingerprint density at radius 1 is 1.17 bits per heavy atom. The first-order valence-corrected chi connectivity index (χ1v) is 9.24. The summed E-state index contributed by atoms with van der Waals surface area (Å²) in [7, 11) is 4.64. The van der Waals surface area contributed by atoms with E-state index >= 15 is 0 Å². The average Bonchev–Trinajstić information content (AvgIpc) is 3.17. The van der Waals surface area contributed by atoms with Crippen LogP contribution in [0.4, 0.5) is 5.69 Å². The number of hydrogen-bond acceptors (Lipinski definition) is 6. The minimum absolute atomic E-state index is 0.184. The molecule has 0 aliphatic carbocycles. The number of carbonyl (C=O) groups is 1. The number of aryl methyl sites for hydroxylation is 1. The van der Waals surface area contributed by atoms with Crippen LogP contribution in [0.25, 0.3) is 11.3 Å². The number of benzene rings is 2. The maximum atomic E-state index is 13.2. The van der Waals surface area contributed by atoms with Crippen molar-refractivity contribution in [3.05, 3.63) is 52.2 Å². The molecule has 150 valence electrons. The first kappa shape index (κ1) is 19.1. The van der Waals surface area contributed by atoms with E-state index in [-0.39, 0.29) is 18.2 Å². The summed E-state index contributed by atoms with van der Waals surface area (Å²) in [6.07, 6.45) is 0. The first-order valence-electron chi connectivity index (χ1n) is 8.86. The Bertz CT molecular complexity index is 1110. The Balaban J connectivity index is 1.73. The minimum Gasteiger partial charge on any atom is -0.495 e. The van der Waals surface area contributed by atoms with Gasteiger partial charge in [-0.05, 0) is 25.1 Å². The quantitative estimate of drug-likeness (QED) is 0.626. The van der Waals surface area contributed by atoms with Gasteiger partial charge in [-0.2, -0.15) is 0 Å². The molecule has 0 N–H and O–H groups in total. The lowest BCUT2D eigenvalue weighted by Crippen LogP contribution is -2.28. The standard InChI is InChI=1S/C21H19ClN2O5/c1-11-5-6-16-12(7-11)20-13(10-28-16)19(23-29-20)21(25)24(2)15-8-14(22)17(26-3)9-18(15)27-4/h5-9H,10H2,1-4H3. The summed E-state index contributed by atoms with van der Waals surface area (Å²) in [5.41, 5.74) is 3.11. The Morgan fingerprint density at radius 3 is 2.66 bits per heavy atom. The van der Waals surface area contributed by atoms with Crippen molar-refractivity contribution in [2.45, 2.75) is 13.5 Å². The van der Waals surface area contributed by atoms with E-state index in [0.717, 1.165) is 11.1 Å². The third-order valence-corrected chi connectivity index (χ3v) is 5.16. The second kappa shape index (κ2) is 7.33. The van der Waals surface area contributed by atoms with Gasteiger partial charge in [0.05, 0.1) is 36.1 Å². The second-order valence-electron chi connectivity index (χ2n) is 6.65. The lowest BCUT2D eigenvalue weighted by atomic mass is 10.0. The maximum Gasteiger partial charge on any atom is 0.280 e. The van der Waals surface area contributed by atoms with E-state index in [2.05, 4.69) is 5.16 Å². The van der Waals surface area contributed by atoms with Crippen LogP contribution in [0.2, 0.25) is 5.02 Å². The molecule has 0 atom stereocenters. The van der Waals surface area contributed by atoms with Crippen LogP contribution in [0.5, 0.6) is 17.2 Å². The highest BCUT2D eigenvalue weighted by Crippen LogP contribution is 2.41. The highest BCUT2D eigenvalue weighted by Gasteiger charge is 2.31. The molecule has 0 saturated heterocycles. The van der Waals surface area contributed by atoms with Gasteiger partial charge in [0.25, 0.3) is 5.91 Å². The number of rotatable bonds is 4. The first-order chi connectivity index (χ1) is 13.9. The van der Waals surface area contributed by atoms with Crippen LogP contribution in [-0.2, 0) is 6.61 Å². The van der Waals surface area contributed by atoms with Crippen molar-refractivity contribution in [2.24, 2.45) is 0 Å². The van der Waals surface area contributed by atoms with Gasteiger partial charge < -0.3 is 23.6 Å². The van der Waals surface area contributed by atoms with E-state index in [9.17, 15) is 4.79 Å². The van der Waals surface area contributed by atoms with Gasteiger partial charge in [-0.25, -0.2) is 0 Å². The molecule has 0 bridgehead atoms. The Labute approximate surface area is 172 Å². The van der Waals surface area contributed by atoms with Crippen molar-refractivity contribution >= 4 is 23.2 Å². The molecule has 2 heterocycles. The third-order valence-electron chi connectivity index (χ3n) is 4.86. The highest BCUT2D eigenvalue weighted by molar-refractivity contribution is 6.32. The number of hydrogen-bond donors (Lipinski definition) is 0. The molecular weight excluding hydrogens is 396 g/mol. The normalized spacial score (nSPS) is 11.9. The monoisotopic (exact) mass is 414 g/mol. The fraction of sp³-hybridized carbons (Fsp3) is 0.238. The molecule has 1 amide bonds. The molecule has 1 aromatic heterocycles. The van der Waals surface area contributed by atoms with Crippen LogP contribution in [0, 0.1) is 6.92 Å². The number of halogens is 1. The second-order valence-corrected chi connectivity index (χ2v) is 7.06. The fourth-order valence-electron chi connectivity index (χ4n) is 3.29. The lowest BCUT2D eigenvalue weighted by molar-refractivity contribution is 0.0981. The van der Waals surface area contributed by atoms with Crippen molar-refractivity contribution in [2.75, 3.05) is 26.2 Å². The van der Waals surface area contributed by atoms with Gasteiger partial charge in [-0.15, -0.1) is 0 Å². The fourth-order valence-corrected chi connectivity index (χ4v) is 3.53. The van der Waals surface area contributed by atoms with Crippen LogP contribution >= 0.6 is 11.6 Å². The van der Waals surface area contributed by atoms with Gasteiger partial charge >= 0.3 is 0 Å². The largest absolute Gasteiger partial charge is 0.495 e. The van der Waals surface area contributed by atoms with Crippen LogP contribution < -0.4 is 19.1 Å². The van der Waals surface area contributed by atoms with Crippen LogP contribution in [0.1, 0.15) is 21.6 Å². The van der Waals surface area contributed by atoms with Gasteiger partial charge in [0.1, 0.15) is 23.9 Å². The maximum absolute atomic E-state index is 13.2. The molecule has 1 aliphatic rings. The smallest absolute Gasteiger partial charge is 0.280 e. The third kappa shape index (κ3) is 3.17. The van der Waals surface area contributed by atoms with Crippen LogP contribution in [0.15, 0.2) is 34.9 Å². The highest BCUT2D eigenvalue weighted by atomic mass is 35.5. The molecular formula is C21H19ClN2O5. The summed E-state index contributed by atoms with van der Waals surface area (Å²) in [6, 6.07) is 9.02. The molecule has 0 radical (unpaired) electrons. The number of anilines is 1. The molecule has 3 aromatic rings. The Kier molecular flexibility index (Phi) is 4.84. The van der Waals surface area contributed by atoms with Gasteiger partial charge in [-0.1, -0.05) is 28.4 Å². The van der Waals surface area contributed by atoms with Gasteiger partial charge in [-0.3, -0.25) is 4.79 Å². The zero-order chi connectivity index (χ0) is 20.7. The Hall–Kier alpha value is -3.19. The molecule has 29 heavy (non-hydrogen) atoms. The summed E-state index contributed by atoms with van der Waals surface area (Å²) in [5, 5.41) is 4.40. The lowest BCUT2D eigenvalue weighted by Gasteiger charge is -2.21. The number of ether oxygens (including phenoxy) is 3. The number of amides is 1. The van der Waals surface area contributed by atoms with Crippen molar-refractivity contribution in [1.82, 2.24) is 5.16 Å². The van der Waals surface area contributed by atoms with Crippen LogP contribution in [0.3, 0.4) is 0 Å². The van der Waals surface area contributed by atoms with Gasteiger partial charge in [0.15, 0.2) is 11.5 Å². The molecule has 0 unspecified atom stereocenters. The number of methoxy groups -OCH3 is 2. The summed E-state index contributed by atoms with van der Waals surface area (Å²) in [5.74, 6) is 1.78. The Morgan fingerprint density at radius 2 is 1.93 bits per heavy atom. The summed E-state index contributed by atoms with van der Waals surface area (Å²) < 4.78 is 22.0. The van der Waals surface area contributed by atoms with Crippen molar-refractivity contribution in [3.63, 3.8) is 0 Å². The number of nitrogens with zero attached hydrogens (tertiary/aromatic N) is 2. The SMILES string of the molecule is COc1cc(OC)c(N(C)C(=O)c2noc3c2COc2ccc(C)cc2-3)cc1Cl. The summed E-state index contributed by atoms with van der Waals surface area (Å²) in [4.78, 5) is 14.6. The van der Waals surface area contributed by atoms with E-state index in [0.29, 0.717) is 39.3 Å². The van der Waals surface area contributed by atoms with Crippen molar-refractivity contribution in [1.29, 1.82) is 0 Å². The zero-order valence-corrected chi connectivity index (χ0v) is 17.2.